The minimum atomic E-state index is -0.951. The van der Waals surface area contributed by atoms with Crippen molar-refractivity contribution in [3.63, 3.8) is 0 Å². The van der Waals surface area contributed by atoms with E-state index >= 15 is 0 Å². The van der Waals surface area contributed by atoms with E-state index in [2.05, 4.69) is 4.98 Å². The number of pyridine rings is 1. The molecule has 7 heteroatoms. The number of aliphatic carboxylic acids is 1. The van der Waals surface area contributed by atoms with E-state index in [0.29, 0.717) is 5.56 Å². The second-order valence-corrected chi connectivity index (χ2v) is 2.95. The molecule has 0 aliphatic carbocycles. The molecule has 0 saturated carbocycles. The highest BCUT2D eigenvalue weighted by Crippen LogP contribution is 2.20. The van der Waals surface area contributed by atoms with Gasteiger partial charge in [-0.05, 0) is 6.07 Å². The summed E-state index contributed by atoms with van der Waals surface area (Å²) in [5, 5.41) is 8.75. The summed E-state index contributed by atoms with van der Waals surface area (Å²) in [5.74, 6) is -0.951. The molecule has 1 unspecified atom stereocenters. The lowest BCUT2D eigenvalue weighted by Gasteiger charge is -2.09. The zero-order valence-electron chi connectivity index (χ0n) is 7.59. The fourth-order valence-corrected chi connectivity index (χ4v) is 1.23. The molecule has 0 fully saturated rings. The van der Waals surface area contributed by atoms with Gasteiger partial charge in [0.2, 0.25) is 0 Å². The number of nitrogens with zero attached hydrogens (tertiary/aromatic N) is 1. The molecule has 1 aromatic rings. The van der Waals surface area contributed by atoms with E-state index in [-0.39, 0.29) is 36.4 Å². The van der Waals surface area contributed by atoms with E-state index in [4.69, 9.17) is 22.4 Å². The molecule has 1 aromatic heterocycles. The van der Waals surface area contributed by atoms with E-state index in [1.54, 1.807) is 12.1 Å². The van der Waals surface area contributed by atoms with Crippen LogP contribution in [0, 0.1) is 0 Å². The van der Waals surface area contributed by atoms with E-state index in [0.717, 1.165) is 0 Å². The third-order valence-electron chi connectivity index (χ3n) is 1.58. The molecule has 86 valence electrons. The average molecular weight is 274 g/mol. The number of carbonyl (C=O) groups is 1. The quantitative estimate of drug-likeness (QED) is 0.827. The summed E-state index contributed by atoms with van der Waals surface area (Å²) in [7, 11) is 0. The van der Waals surface area contributed by atoms with Crippen LogP contribution in [0.3, 0.4) is 0 Å². The van der Waals surface area contributed by atoms with E-state index in [1.165, 1.54) is 6.20 Å². The summed E-state index contributed by atoms with van der Waals surface area (Å²) < 4.78 is 0. The van der Waals surface area contributed by atoms with Crippen molar-refractivity contribution < 1.29 is 9.90 Å². The molecular formula is C8H11Cl3N2O2. The molecule has 0 aromatic carbocycles. The molecule has 3 N–H and O–H groups in total. The van der Waals surface area contributed by atoms with Gasteiger partial charge in [0.25, 0.3) is 0 Å². The predicted octanol–water partition coefficient (Wildman–Crippen LogP) is 2.05. The van der Waals surface area contributed by atoms with Crippen LogP contribution in [0.5, 0.6) is 0 Å². The largest absolute Gasteiger partial charge is 0.481 e. The van der Waals surface area contributed by atoms with Gasteiger partial charge in [0.1, 0.15) is 5.15 Å². The Morgan fingerprint density at radius 2 is 2.20 bits per heavy atom. The summed E-state index contributed by atoms with van der Waals surface area (Å²) in [5.41, 5.74) is 6.15. The Balaban J connectivity index is 0. The molecule has 0 bridgehead atoms. The lowest BCUT2D eigenvalue weighted by atomic mass is 10.1. The Bertz CT molecular complexity index is 323. The van der Waals surface area contributed by atoms with E-state index < -0.39 is 12.0 Å². The van der Waals surface area contributed by atoms with Crippen LogP contribution in [0.2, 0.25) is 5.15 Å². The molecule has 0 radical (unpaired) electrons. The van der Waals surface area contributed by atoms with Crippen molar-refractivity contribution in [2.24, 2.45) is 5.73 Å². The summed E-state index contributed by atoms with van der Waals surface area (Å²) in [6, 6.07) is 2.74. The molecule has 0 saturated heterocycles. The third-order valence-corrected chi connectivity index (χ3v) is 1.90. The van der Waals surface area contributed by atoms with Crippen molar-refractivity contribution in [1.82, 2.24) is 4.98 Å². The Labute approximate surface area is 105 Å². The topological polar surface area (TPSA) is 76.2 Å². The van der Waals surface area contributed by atoms with Gasteiger partial charge in [0.05, 0.1) is 6.42 Å². The lowest BCUT2D eigenvalue weighted by Crippen LogP contribution is -2.15. The van der Waals surface area contributed by atoms with Crippen molar-refractivity contribution in [3.8, 4) is 0 Å². The molecule has 1 atom stereocenters. The minimum absolute atomic E-state index is 0. The van der Waals surface area contributed by atoms with Crippen molar-refractivity contribution in [2.45, 2.75) is 12.5 Å². The second-order valence-electron chi connectivity index (χ2n) is 2.59. The highest BCUT2D eigenvalue weighted by molar-refractivity contribution is 6.30. The van der Waals surface area contributed by atoms with Gasteiger partial charge < -0.3 is 10.8 Å². The van der Waals surface area contributed by atoms with Gasteiger partial charge in [-0.1, -0.05) is 17.7 Å². The van der Waals surface area contributed by atoms with Crippen LogP contribution in [-0.2, 0) is 4.79 Å². The van der Waals surface area contributed by atoms with Gasteiger partial charge in [-0.3, -0.25) is 4.79 Å². The number of carboxylic acid groups (broad SMARTS) is 1. The van der Waals surface area contributed by atoms with Crippen molar-refractivity contribution in [1.29, 1.82) is 0 Å². The molecule has 0 aliphatic heterocycles. The number of hydrogen-bond acceptors (Lipinski definition) is 3. The fraction of sp³-hybridized carbons (Fsp3) is 0.250. The number of nitrogens with two attached hydrogens (primary N) is 1. The second kappa shape index (κ2) is 7.70. The summed E-state index contributed by atoms with van der Waals surface area (Å²) in [4.78, 5) is 14.2. The highest BCUT2D eigenvalue weighted by Gasteiger charge is 2.13. The Morgan fingerprint density at radius 1 is 1.60 bits per heavy atom. The Hall–Kier alpha value is -0.550. The van der Waals surface area contributed by atoms with Crippen LogP contribution in [0.1, 0.15) is 18.0 Å². The third kappa shape index (κ3) is 5.18. The molecule has 1 rings (SSSR count). The van der Waals surface area contributed by atoms with Gasteiger partial charge in [-0.15, -0.1) is 24.8 Å². The van der Waals surface area contributed by atoms with Gasteiger partial charge in [-0.25, -0.2) is 4.98 Å². The van der Waals surface area contributed by atoms with Gasteiger partial charge in [-0.2, -0.15) is 0 Å². The van der Waals surface area contributed by atoms with E-state index in [1.807, 2.05) is 0 Å². The zero-order chi connectivity index (χ0) is 9.84. The highest BCUT2D eigenvalue weighted by atomic mass is 35.5. The lowest BCUT2D eigenvalue weighted by molar-refractivity contribution is -0.137. The SMILES string of the molecule is Cl.Cl.NC(CC(=O)O)c1cccnc1Cl. The zero-order valence-corrected chi connectivity index (χ0v) is 9.98. The smallest absolute Gasteiger partial charge is 0.305 e. The number of carboxylic acids is 1. The standard InChI is InChI=1S/C8H9ClN2O2.2ClH/c9-8-5(2-1-3-11-8)6(10)4-7(12)13;;/h1-3,6H,4,10H2,(H,12,13);2*1H. The number of aromatic nitrogens is 1. The fourth-order valence-electron chi connectivity index (χ4n) is 0.973. The van der Waals surface area contributed by atoms with Crippen molar-refractivity contribution in [2.75, 3.05) is 0 Å². The van der Waals surface area contributed by atoms with Crippen LogP contribution in [0.25, 0.3) is 0 Å². The van der Waals surface area contributed by atoms with E-state index in [9.17, 15) is 4.79 Å². The van der Waals surface area contributed by atoms with Crippen LogP contribution in [0.15, 0.2) is 18.3 Å². The maximum atomic E-state index is 10.4. The van der Waals surface area contributed by atoms with Crippen LogP contribution in [0.4, 0.5) is 0 Å². The summed E-state index contributed by atoms with van der Waals surface area (Å²) >= 11 is 5.72. The summed E-state index contributed by atoms with van der Waals surface area (Å²) in [6.45, 7) is 0. The number of hydrogen-bond donors (Lipinski definition) is 2. The minimum Gasteiger partial charge on any atom is -0.481 e. The maximum absolute atomic E-state index is 10.4. The first-order valence-electron chi connectivity index (χ1n) is 3.69. The summed E-state index contributed by atoms with van der Waals surface area (Å²) in [6.07, 6.45) is 1.38. The van der Waals surface area contributed by atoms with Gasteiger partial charge in [0, 0.05) is 17.8 Å². The van der Waals surface area contributed by atoms with Gasteiger partial charge in [0.15, 0.2) is 0 Å². The molecule has 0 spiro atoms. The van der Waals surface area contributed by atoms with Crippen LogP contribution >= 0.6 is 36.4 Å². The van der Waals surface area contributed by atoms with Gasteiger partial charge >= 0.3 is 5.97 Å². The first-order chi connectivity index (χ1) is 6.11. The molecule has 0 amide bonds. The van der Waals surface area contributed by atoms with Crippen LogP contribution in [-0.4, -0.2) is 16.1 Å². The molecule has 0 aliphatic rings. The normalized spacial score (nSPS) is 10.8. The molecule has 15 heavy (non-hydrogen) atoms. The number of rotatable bonds is 3. The predicted molar refractivity (Wildman–Crippen MR) is 62.9 cm³/mol. The van der Waals surface area contributed by atoms with Crippen molar-refractivity contribution >= 4 is 42.4 Å². The molecule has 1 heterocycles. The maximum Gasteiger partial charge on any atom is 0.305 e. The number of halogens is 3. The average Bonchev–Trinajstić information content (AvgIpc) is 2.03. The molecule has 4 nitrogen and oxygen atoms in total. The first kappa shape index (κ1) is 16.9. The Morgan fingerprint density at radius 3 is 2.67 bits per heavy atom. The monoisotopic (exact) mass is 272 g/mol. The Kier molecular flexibility index (Phi) is 8.66. The molecular weight excluding hydrogens is 262 g/mol. The first-order valence-corrected chi connectivity index (χ1v) is 4.07. The van der Waals surface area contributed by atoms with Crippen LogP contribution < -0.4 is 5.73 Å². The van der Waals surface area contributed by atoms with Crippen molar-refractivity contribution in [3.05, 3.63) is 29.0 Å².